The highest BCUT2D eigenvalue weighted by molar-refractivity contribution is 6.42. The fourth-order valence-corrected chi connectivity index (χ4v) is 2.15. The van der Waals surface area contributed by atoms with Crippen molar-refractivity contribution in [1.82, 2.24) is 4.90 Å². The molecule has 1 aromatic carbocycles. The number of rotatable bonds is 6. The van der Waals surface area contributed by atoms with Gasteiger partial charge in [0.25, 0.3) is 0 Å². The van der Waals surface area contributed by atoms with Crippen molar-refractivity contribution in [2.75, 3.05) is 25.0 Å². The van der Waals surface area contributed by atoms with E-state index in [0.29, 0.717) is 16.1 Å². The Morgan fingerprint density at radius 3 is 2.35 bits per heavy atom. The first kappa shape index (κ1) is 14.6. The van der Waals surface area contributed by atoms with Crippen molar-refractivity contribution < 1.29 is 0 Å². The summed E-state index contributed by atoms with van der Waals surface area (Å²) >= 11 is 11.8. The number of hydrogen-bond donors (Lipinski definition) is 1. The molecule has 0 spiro atoms. The molecule has 1 N–H and O–H groups in total. The highest BCUT2D eigenvalue weighted by atomic mass is 35.5. The van der Waals surface area contributed by atoms with Gasteiger partial charge >= 0.3 is 0 Å². The second-order valence-corrected chi connectivity index (χ2v) is 4.89. The van der Waals surface area contributed by atoms with Crippen LogP contribution in [0.4, 0.5) is 5.69 Å². The van der Waals surface area contributed by atoms with Gasteiger partial charge in [-0.05, 0) is 38.2 Å². The van der Waals surface area contributed by atoms with Crippen LogP contribution in [0.1, 0.15) is 20.8 Å². The first-order valence-electron chi connectivity index (χ1n) is 6.01. The predicted octanol–water partition coefficient (Wildman–Crippen LogP) is 4.14. The number of benzene rings is 1. The molecule has 2 nitrogen and oxygen atoms in total. The van der Waals surface area contributed by atoms with Gasteiger partial charge in [0.1, 0.15) is 0 Å². The zero-order valence-corrected chi connectivity index (χ0v) is 12.1. The Labute approximate surface area is 114 Å². The summed E-state index contributed by atoms with van der Waals surface area (Å²) in [5.41, 5.74) is 1.01. The maximum Gasteiger partial charge on any atom is 0.0612 e. The van der Waals surface area contributed by atoms with Crippen LogP contribution in [0.15, 0.2) is 18.2 Å². The fourth-order valence-electron chi connectivity index (χ4n) is 1.85. The topological polar surface area (TPSA) is 15.3 Å². The van der Waals surface area contributed by atoms with Crippen molar-refractivity contribution in [3.8, 4) is 0 Å². The van der Waals surface area contributed by atoms with E-state index in [9.17, 15) is 0 Å². The zero-order chi connectivity index (χ0) is 12.8. The van der Waals surface area contributed by atoms with Crippen molar-refractivity contribution in [1.29, 1.82) is 0 Å². The lowest BCUT2D eigenvalue weighted by Gasteiger charge is -2.26. The summed E-state index contributed by atoms with van der Waals surface area (Å²) in [4.78, 5) is 2.41. The van der Waals surface area contributed by atoms with E-state index >= 15 is 0 Å². The summed E-state index contributed by atoms with van der Waals surface area (Å²) in [6.07, 6.45) is 0. The summed E-state index contributed by atoms with van der Waals surface area (Å²) in [5.74, 6) is 0. The number of halogens is 2. The molecule has 17 heavy (non-hydrogen) atoms. The third-order valence-corrected chi connectivity index (χ3v) is 3.70. The predicted molar refractivity (Wildman–Crippen MR) is 77.3 cm³/mol. The van der Waals surface area contributed by atoms with Crippen LogP contribution >= 0.6 is 23.2 Å². The number of nitrogens with zero attached hydrogens (tertiary/aromatic N) is 1. The van der Waals surface area contributed by atoms with Gasteiger partial charge in [0.05, 0.1) is 10.0 Å². The Bertz CT molecular complexity index is 351. The second kappa shape index (κ2) is 7.10. The van der Waals surface area contributed by atoms with Gasteiger partial charge in [0.2, 0.25) is 0 Å². The van der Waals surface area contributed by atoms with Crippen molar-refractivity contribution in [3.63, 3.8) is 0 Å². The number of likely N-dealkylation sites (N-methyl/N-ethyl adjacent to an activating group) is 1. The molecule has 0 bridgehead atoms. The van der Waals surface area contributed by atoms with Gasteiger partial charge in [-0.25, -0.2) is 0 Å². The van der Waals surface area contributed by atoms with E-state index in [4.69, 9.17) is 23.2 Å². The standard InChI is InChI=1S/C13H20Cl2N2/c1-4-17(5-2)10(3)9-16-11-6-7-12(14)13(15)8-11/h6-8,10,16H,4-5,9H2,1-3H3. The largest absolute Gasteiger partial charge is 0.383 e. The Hall–Kier alpha value is -0.440. The van der Waals surface area contributed by atoms with Crippen LogP contribution in [-0.2, 0) is 0 Å². The Morgan fingerprint density at radius 1 is 1.18 bits per heavy atom. The van der Waals surface area contributed by atoms with Crippen molar-refractivity contribution in [3.05, 3.63) is 28.2 Å². The first-order valence-corrected chi connectivity index (χ1v) is 6.77. The Balaban J connectivity index is 2.52. The molecule has 0 aliphatic carbocycles. The van der Waals surface area contributed by atoms with Gasteiger partial charge < -0.3 is 5.32 Å². The van der Waals surface area contributed by atoms with Crippen molar-refractivity contribution in [2.45, 2.75) is 26.8 Å². The molecular formula is C13H20Cl2N2. The highest BCUT2D eigenvalue weighted by Gasteiger charge is 2.09. The van der Waals surface area contributed by atoms with Crippen LogP contribution in [-0.4, -0.2) is 30.6 Å². The quantitative estimate of drug-likeness (QED) is 0.839. The second-order valence-electron chi connectivity index (χ2n) is 4.08. The summed E-state index contributed by atoms with van der Waals surface area (Å²) in [7, 11) is 0. The molecule has 4 heteroatoms. The molecule has 96 valence electrons. The summed E-state index contributed by atoms with van der Waals surface area (Å²) in [6, 6.07) is 6.12. The van der Waals surface area contributed by atoms with E-state index < -0.39 is 0 Å². The zero-order valence-electron chi connectivity index (χ0n) is 10.6. The molecule has 0 fully saturated rings. The maximum atomic E-state index is 5.96. The van der Waals surface area contributed by atoms with Crippen molar-refractivity contribution in [2.24, 2.45) is 0 Å². The van der Waals surface area contributed by atoms with Crippen LogP contribution < -0.4 is 5.32 Å². The normalized spacial score (nSPS) is 12.8. The Kier molecular flexibility index (Phi) is 6.10. The summed E-state index contributed by atoms with van der Waals surface area (Å²) in [5, 5.41) is 4.56. The molecule has 0 aliphatic rings. The van der Waals surface area contributed by atoms with Gasteiger partial charge in [0.15, 0.2) is 0 Å². The van der Waals surface area contributed by atoms with E-state index in [-0.39, 0.29) is 0 Å². The van der Waals surface area contributed by atoms with Gasteiger partial charge in [0, 0.05) is 18.3 Å². The van der Waals surface area contributed by atoms with Crippen LogP contribution in [0.3, 0.4) is 0 Å². The molecule has 1 aromatic rings. The van der Waals surface area contributed by atoms with Crippen LogP contribution in [0.2, 0.25) is 10.0 Å². The minimum Gasteiger partial charge on any atom is -0.383 e. The summed E-state index contributed by atoms with van der Waals surface area (Å²) < 4.78 is 0. The molecule has 0 heterocycles. The summed E-state index contributed by atoms with van der Waals surface area (Å²) in [6.45, 7) is 9.62. The average Bonchev–Trinajstić information content (AvgIpc) is 2.32. The molecule has 0 saturated carbocycles. The van der Waals surface area contributed by atoms with Gasteiger partial charge in [-0.2, -0.15) is 0 Å². The van der Waals surface area contributed by atoms with Crippen molar-refractivity contribution >= 4 is 28.9 Å². The maximum absolute atomic E-state index is 5.96. The van der Waals surface area contributed by atoms with E-state index in [0.717, 1.165) is 25.3 Å². The van der Waals surface area contributed by atoms with Gasteiger partial charge in [-0.15, -0.1) is 0 Å². The molecule has 1 unspecified atom stereocenters. The lowest BCUT2D eigenvalue weighted by molar-refractivity contribution is 0.240. The smallest absolute Gasteiger partial charge is 0.0612 e. The van der Waals surface area contributed by atoms with Crippen LogP contribution in [0, 0.1) is 0 Å². The van der Waals surface area contributed by atoms with Crippen LogP contribution in [0.25, 0.3) is 0 Å². The monoisotopic (exact) mass is 274 g/mol. The number of anilines is 1. The van der Waals surface area contributed by atoms with E-state index in [1.807, 2.05) is 18.2 Å². The molecule has 1 atom stereocenters. The van der Waals surface area contributed by atoms with E-state index in [1.54, 1.807) is 0 Å². The van der Waals surface area contributed by atoms with E-state index in [2.05, 4.69) is 31.0 Å². The molecule has 0 amide bonds. The van der Waals surface area contributed by atoms with Gasteiger partial charge in [-0.1, -0.05) is 37.0 Å². The van der Waals surface area contributed by atoms with Gasteiger partial charge in [-0.3, -0.25) is 4.90 Å². The third-order valence-electron chi connectivity index (χ3n) is 2.96. The molecular weight excluding hydrogens is 255 g/mol. The Morgan fingerprint density at radius 2 is 1.82 bits per heavy atom. The molecule has 0 aromatic heterocycles. The molecule has 0 saturated heterocycles. The van der Waals surface area contributed by atoms with Crippen LogP contribution in [0.5, 0.6) is 0 Å². The lowest BCUT2D eigenvalue weighted by atomic mass is 10.2. The lowest BCUT2D eigenvalue weighted by Crippen LogP contribution is -2.37. The third kappa shape index (κ3) is 4.38. The minimum atomic E-state index is 0.499. The average molecular weight is 275 g/mol. The molecule has 0 radical (unpaired) electrons. The highest BCUT2D eigenvalue weighted by Crippen LogP contribution is 2.24. The molecule has 1 rings (SSSR count). The number of nitrogens with one attached hydrogen (secondary N) is 1. The minimum absolute atomic E-state index is 0.499. The first-order chi connectivity index (χ1) is 8.08. The SMILES string of the molecule is CCN(CC)C(C)CNc1ccc(Cl)c(Cl)c1. The fraction of sp³-hybridized carbons (Fsp3) is 0.538. The van der Waals surface area contributed by atoms with E-state index in [1.165, 1.54) is 0 Å². The number of hydrogen-bond acceptors (Lipinski definition) is 2. The molecule has 0 aliphatic heterocycles.